The van der Waals surface area contributed by atoms with Gasteiger partial charge in [0, 0.05) is 12.8 Å². The second kappa shape index (κ2) is 8.18. The number of rotatable bonds is 8. The highest BCUT2D eigenvalue weighted by Crippen LogP contribution is 2.36. The quantitative estimate of drug-likeness (QED) is 0.286. The van der Waals surface area contributed by atoms with E-state index in [0.717, 1.165) is 18.4 Å². The van der Waals surface area contributed by atoms with E-state index in [4.69, 9.17) is 19.7 Å². The molecule has 0 aromatic carbocycles. The van der Waals surface area contributed by atoms with Crippen LogP contribution in [0, 0.1) is 0 Å². The van der Waals surface area contributed by atoms with Gasteiger partial charge in [-0.1, -0.05) is 6.08 Å². The van der Waals surface area contributed by atoms with Crippen molar-refractivity contribution in [3.63, 3.8) is 0 Å². The Bertz CT molecular complexity index is 435. The number of hydrogen-bond donors (Lipinski definition) is 5. The van der Waals surface area contributed by atoms with Crippen molar-refractivity contribution in [3.8, 4) is 0 Å². The number of aliphatic hydroxyl groups is 4. The second-order valence-corrected chi connectivity index (χ2v) is 5.94. The van der Waals surface area contributed by atoms with Gasteiger partial charge >= 0.3 is 5.97 Å². The van der Waals surface area contributed by atoms with Gasteiger partial charge in [0.25, 0.3) is 0 Å². The van der Waals surface area contributed by atoms with E-state index in [2.05, 4.69) is 0 Å². The third kappa shape index (κ3) is 4.97. The van der Waals surface area contributed by atoms with Gasteiger partial charge in [-0.15, -0.1) is 0 Å². The van der Waals surface area contributed by atoms with Crippen molar-refractivity contribution in [2.45, 2.75) is 68.9 Å². The van der Waals surface area contributed by atoms with Crippen LogP contribution < -0.4 is 0 Å². The Kier molecular flexibility index (Phi) is 6.51. The van der Waals surface area contributed by atoms with E-state index in [-0.39, 0.29) is 12.5 Å². The molecule has 1 heterocycles. The van der Waals surface area contributed by atoms with Crippen molar-refractivity contribution in [1.29, 1.82) is 0 Å². The molecule has 2 aliphatic rings. The Morgan fingerprint density at radius 3 is 2.61 bits per heavy atom. The second-order valence-electron chi connectivity index (χ2n) is 5.94. The van der Waals surface area contributed by atoms with Gasteiger partial charge in [0.2, 0.25) is 0 Å². The topological polar surface area (TPSA) is 137 Å². The summed E-state index contributed by atoms with van der Waals surface area (Å²) < 4.78 is 10.8. The Labute approximate surface area is 134 Å². The molecule has 5 N–H and O–H groups in total. The molecule has 1 saturated carbocycles. The van der Waals surface area contributed by atoms with Gasteiger partial charge in [0.1, 0.15) is 24.4 Å². The summed E-state index contributed by atoms with van der Waals surface area (Å²) in [6.07, 6.45) is -1.50. The summed E-state index contributed by atoms with van der Waals surface area (Å²) in [5, 5.41) is 46.9. The first-order valence-corrected chi connectivity index (χ1v) is 7.80. The van der Waals surface area contributed by atoms with Crippen LogP contribution in [0.1, 0.15) is 32.1 Å². The van der Waals surface area contributed by atoms with Crippen molar-refractivity contribution in [2.24, 2.45) is 0 Å². The predicted molar refractivity (Wildman–Crippen MR) is 77.4 cm³/mol. The van der Waals surface area contributed by atoms with Crippen LogP contribution in [0.2, 0.25) is 0 Å². The third-order valence-corrected chi connectivity index (χ3v) is 4.07. The number of hydrogen-bond acceptors (Lipinski definition) is 7. The van der Waals surface area contributed by atoms with E-state index in [1.54, 1.807) is 0 Å². The molecule has 0 spiro atoms. The molecule has 0 aromatic rings. The Hall–Kier alpha value is -1.03. The summed E-state index contributed by atoms with van der Waals surface area (Å²) in [5.74, 6) is -0.798. The maximum absolute atomic E-state index is 10.4. The maximum atomic E-state index is 10.4. The number of aliphatic carboxylic acids is 1. The molecule has 132 valence electrons. The van der Waals surface area contributed by atoms with E-state index < -0.39 is 43.3 Å². The maximum Gasteiger partial charge on any atom is 0.303 e. The van der Waals surface area contributed by atoms with Crippen molar-refractivity contribution in [3.05, 3.63) is 11.6 Å². The molecule has 2 rings (SSSR count). The van der Waals surface area contributed by atoms with Crippen molar-refractivity contribution in [2.75, 3.05) is 6.61 Å². The lowest BCUT2D eigenvalue weighted by molar-refractivity contribution is -0.302. The number of unbranched alkanes of at least 4 members (excludes halogenated alkanes) is 2. The minimum atomic E-state index is -1.44. The zero-order chi connectivity index (χ0) is 17.0. The lowest BCUT2D eigenvalue weighted by Gasteiger charge is -2.39. The first kappa shape index (κ1) is 18.3. The Morgan fingerprint density at radius 2 is 1.96 bits per heavy atom. The number of carboxylic acids is 1. The highest BCUT2D eigenvalue weighted by atomic mass is 16.7. The minimum Gasteiger partial charge on any atom is -0.481 e. The minimum absolute atomic E-state index is 0.161. The average Bonchev–Trinajstić information content (AvgIpc) is 3.25. The van der Waals surface area contributed by atoms with E-state index in [1.165, 1.54) is 0 Å². The smallest absolute Gasteiger partial charge is 0.303 e. The number of aliphatic hydroxyl groups excluding tert-OH is 4. The van der Waals surface area contributed by atoms with Crippen LogP contribution in [0.15, 0.2) is 11.6 Å². The summed E-state index contributed by atoms with van der Waals surface area (Å²) in [6.45, 7) is -0.484. The summed E-state index contributed by atoms with van der Waals surface area (Å²) >= 11 is 0. The zero-order valence-corrected chi connectivity index (χ0v) is 12.7. The fourth-order valence-electron chi connectivity index (χ4n) is 2.56. The van der Waals surface area contributed by atoms with Gasteiger partial charge in [-0.05, 0) is 24.8 Å². The SMILES string of the molecule is O=C(O)CCCC/C=C1\C[C@H]1O[C@@H]1O[C@H](CO)[C@@H](O)[C@H](O)[C@H]1O. The molecule has 2 fully saturated rings. The van der Waals surface area contributed by atoms with E-state index in [1.807, 2.05) is 6.08 Å². The van der Waals surface area contributed by atoms with Gasteiger partial charge in [-0.2, -0.15) is 0 Å². The lowest BCUT2D eigenvalue weighted by atomic mass is 9.99. The normalized spacial score (nSPS) is 38.7. The van der Waals surface area contributed by atoms with Crippen molar-refractivity contribution >= 4 is 5.97 Å². The van der Waals surface area contributed by atoms with E-state index in [0.29, 0.717) is 12.8 Å². The van der Waals surface area contributed by atoms with E-state index in [9.17, 15) is 20.1 Å². The summed E-state index contributed by atoms with van der Waals surface area (Å²) in [5.41, 5.74) is 1.04. The first-order valence-electron chi connectivity index (χ1n) is 7.80. The van der Waals surface area contributed by atoms with Gasteiger partial charge in [-0.25, -0.2) is 0 Å². The molecule has 1 saturated heterocycles. The van der Waals surface area contributed by atoms with Gasteiger partial charge in [0.15, 0.2) is 6.29 Å². The number of ether oxygens (including phenoxy) is 2. The van der Waals surface area contributed by atoms with Crippen LogP contribution in [0.3, 0.4) is 0 Å². The number of allylic oxidation sites excluding steroid dienone is 1. The highest BCUT2D eigenvalue weighted by molar-refractivity contribution is 5.66. The van der Waals surface area contributed by atoms with Gasteiger partial charge in [-0.3, -0.25) is 4.79 Å². The molecule has 0 unspecified atom stereocenters. The summed E-state index contributed by atoms with van der Waals surface area (Å²) in [4.78, 5) is 10.4. The number of carboxylic acid groups (broad SMARTS) is 1. The molecule has 0 aromatic heterocycles. The molecular weight excluding hydrogens is 308 g/mol. The van der Waals surface area contributed by atoms with Crippen LogP contribution >= 0.6 is 0 Å². The average molecular weight is 332 g/mol. The van der Waals surface area contributed by atoms with Crippen LogP contribution in [0.4, 0.5) is 0 Å². The molecule has 0 bridgehead atoms. The summed E-state index contributed by atoms with van der Waals surface area (Å²) in [7, 11) is 0. The molecule has 0 amide bonds. The standard InChI is InChI=1S/C15H24O8/c16-7-10-12(19)13(20)14(21)15(23-10)22-9-6-8(9)4-2-1-3-5-11(17)18/h4,9-10,12-16,19-21H,1-3,5-7H2,(H,17,18)/b8-4+/t9-,10-,12-,13+,14-,15-/m1/s1. The highest BCUT2D eigenvalue weighted by Gasteiger charge is 2.46. The predicted octanol–water partition coefficient (Wildman–Crippen LogP) is -0.853. The zero-order valence-electron chi connectivity index (χ0n) is 12.7. The molecule has 0 radical (unpaired) electrons. The van der Waals surface area contributed by atoms with Crippen LogP contribution in [-0.4, -0.2) is 74.9 Å². The largest absolute Gasteiger partial charge is 0.481 e. The summed E-state index contributed by atoms with van der Waals surface area (Å²) in [6, 6.07) is 0. The van der Waals surface area contributed by atoms with Gasteiger partial charge in [0.05, 0.1) is 12.7 Å². The number of carbonyl (C=O) groups is 1. The first-order chi connectivity index (χ1) is 10.9. The van der Waals surface area contributed by atoms with E-state index >= 15 is 0 Å². The van der Waals surface area contributed by atoms with Crippen LogP contribution in [0.25, 0.3) is 0 Å². The van der Waals surface area contributed by atoms with Crippen LogP contribution in [-0.2, 0) is 14.3 Å². The molecule has 1 aliphatic carbocycles. The molecular formula is C15H24O8. The Morgan fingerprint density at radius 1 is 1.22 bits per heavy atom. The molecule has 23 heavy (non-hydrogen) atoms. The van der Waals surface area contributed by atoms with Crippen LogP contribution in [0.5, 0.6) is 0 Å². The van der Waals surface area contributed by atoms with Gasteiger partial charge < -0.3 is 35.0 Å². The third-order valence-electron chi connectivity index (χ3n) is 4.07. The Balaban J connectivity index is 1.74. The molecule has 6 atom stereocenters. The van der Waals surface area contributed by atoms with Crippen molar-refractivity contribution < 1.29 is 39.8 Å². The lowest BCUT2D eigenvalue weighted by Crippen LogP contribution is -2.59. The molecule has 8 nitrogen and oxygen atoms in total. The fraction of sp³-hybridized carbons (Fsp3) is 0.800. The molecule has 1 aliphatic heterocycles. The monoisotopic (exact) mass is 332 g/mol. The van der Waals surface area contributed by atoms with Crippen molar-refractivity contribution in [1.82, 2.24) is 0 Å². The fourth-order valence-corrected chi connectivity index (χ4v) is 2.56. The molecule has 8 heteroatoms.